The number of aromatic nitrogens is 1. The molecule has 0 saturated heterocycles. The van der Waals surface area contributed by atoms with Crippen LogP contribution in [0.1, 0.15) is 5.01 Å². The third-order valence-corrected chi connectivity index (χ3v) is 4.31. The van der Waals surface area contributed by atoms with E-state index in [0.29, 0.717) is 17.2 Å². The first-order valence-electron chi connectivity index (χ1n) is 7.25. The van der Waals surface area contributed by atoms with Crippen LogP contribution in [0.3, 0.4) is 0 Å². The smallest absolute Gasteiger partial charge is 0.248 e. The standard InChI is InChI=1S/C18H16N2O3S/c1-22-13-9-12(10-14(11-13)23-2)19-17(21)7-8-18-20-15-5-3-4-6-16(15)24-18/h3-11H,1-2H3,(H,19,21). The lowest BCUT2D eigenvalue weighted by Crippen LogP contribution is -2.08. The molecule has 0 aliphatic carbocycles. The molecule has 0 aliphatic heterocycles. The SMILES string of the molecule is COc1cc(NC(=O)C=Cc2nc3ccccc3s2)cc(OC)c1. The van der Waals surface area contributed by atoms with E-state index in [4.69, 9.17) is 9.47 Å². The quantitative estimate of drug-likeness (QED) is 0.714. The van der Waals surface area contributed by atoms with Gasteiger partial charge in [0.2, 0.25) is 5.91 Å². The van der Waals surface area contributed by atoms with Gasteiger partial charge in [-0.3, -0.25) is 4.79 Å². The number of rotatable bonds is 5. The van der Waals surface area contributed by atoms with Crippen molar-refractivity contribution >= 4 is 39.2 Å². The average molecular weight is 340 g/mol. The maximum Gasteiger partial charge on any atom is 0.248 e. The van der Waals surface area contributed by atoms with Gasteiger partial charge in [-0.15, -0.1) is 11.3 Å². The highest BCUT2D eigenvalue weighted by Gasteiger charge is 2.05. The number of hydrogen-bond acceptors (Lipinski definition) is 5. The fourth-order valence-electron chi connectivity index (χ4n) is 2.17. The molecule has 0 unspecified atom stereocenters. The van der Waals surface area contributed by atoms with Crippen LogP contribution in [0.25, 0.3) is 16.3 Å². The van der Waals surface area contributed by atoms with E-state index in [2.05, 4.69) is 10.3 Å². The molecule has 3 aromatic rings. The van der Waals surface area contributed by atoms with Crippen molar-refractivity contribution in [2.45, 2.75) is 0 Å². The first-order chi connectivity index (χ1) is 11.7. The fourth-order valence-corrected chi connectivity index (χ4v) is 3.04. The Balaban J connectivity index is 1.73. The van der Waals surface area contributed by atoms with Crippen molar-refractivity contribution in [3.63, 3.8) is 0 Å². The van der Waals surface area contributed by atoms with E-state index >= 15 is 0 Å². The van der Waals surface area contributed by atoms with Gasteiger partial charge in [-0.25, -0.2) is 4.98 Å². The number of nitrogens with one attached hydrogen (secondary N) is 1. The summed E-state index contributed by atoms with van der Waals surface area (Å²) < 4.78 is 11.5. The number of methoxy groups -OCH3 is 2. The molecule has 0 saturated carbocycles. The predicted octanol–water partition coefficient (Wildman–Crippen LogP) is 3.97. The zero-order chi connectivity index (χ0) is 16.9. The summed E-state index contributed by atoms with van der Waals surface area (Å²) in [4.78, 5) is 16.6. The fraction of sp³-hybridized carbons (Fsp3) is 0.111. The Morgan fingerprint density at radius 3 is 2.50 bits per heavy atom. The van der Waals surface area contributed by atoms with Gasteiger partial charge in [0.15, 0.2) is 0 Å². The second-order valence-corrected chi connectivity index (χ2v) is 6.01. The highest BCUT2D eigenvalue weighted by atomic mass is 32.1. The van der Waals surface area contributed by atoms with E-state index in [1.54, 1.807) is 38.5 Å². The molecule has 1 amide bonds. The maximum absolute atomic E-state index is 12.1. The second-order valence-electron chi connectivity index (χ2n) is 4.94. The summed E-state index contributed by atoms with van der Waals surface area (Å²) in [5.41, 5.74) is 1.53. The summed E-state index contributed by atoms with van der Waals surface area (Å²) in [5.74, 6) is 0.976. The summed E-state index contributed by atoms with van der Waals surface area (Å²) in [6, 6.07) is 13.1. The van der Waals surface area contributed by atoms with Crippen LogP contribution < -0.4 is 14.8 Å². The molecular weight excluding hydrogens is 324 g/mol. The van der Waals surface area contributed by atoms with Gasteiger partial charge in [-0.1, -0.05) is 12.1 Å². The number of anilines is 1. The van der Waals surface area contributed by atoms with Crippen LogP contribution in [0.4, 0.5) is 5.69 Å². The van der Waals surface area contributed by atoms with Crippen LogP contribution in [-0.4, -0.2) is 25.1 Å². The van der Waals surface area contributed by atoms with E-state index < -0.39 is 0 Å². The van der Waals surface area contributed by atoms with Crippen LogP contribution in [0.2, 0.25) is 0 Å². The molecule has 0 fully saturated rings. The number of fused-ring (bicyclic) bond motifs is 1. The molecule has 1 N–H and O–H groups in total. The number of nitrogens with zero attached hydrogens (tertiary/aromatic N) is 1. The van der Waals surface area contributed by atoms with Crippen molar-refractivity contribution in [2.24, 2.45) is 0 Å². The first-order valence-corrected chi connectivity index (χ1v) is 8.07. The van der Waals surface area contributed by atoms with Crippen LogP contribution in [-0.2, 0) is 4.79 Å². The van der Waals surface area contributed by atoms with Crippen molar-refractivity contribution in [3.05, 3.63) is 53.5 Å². The van der Waals surface area contributed by atoms with E-state index in [0.717, 1.165) is 15.2 Å². The van der Waals surface area contributed by atoms with Gasteiger partial charge < -0.3 is 14.8 Å². The van der Waals surface area contributed by atoms with Gasteiger partial charge in [-0.05, 0) is 18.2 Å². The van der Waals surface area contributed by atoms with E-state index in [1.807, 2.05) is 24.3 Å². The molecule has 1 heterocycles. The molecule has 5 nitrogen and oxygen atoms in total. The zero-order valence-corrected chi connectivity index (χ0v) is 14.1. The summed E-state index contributed by atoms with van der Waals surface area (Å²) in [6.07, 6.45) is 3.17. The van der Waals surface area contributed by atoms with Crippen molar-refractivity contribution < 1.29 is 14.3 Å². The normalized spacial score (nSPS) is 10.9. The number of thiazole rings is 1. The number of hydrogen-bond donors (Lipinski definition) is 1. The molecule has 0 spiro atoms. The Morgan fingerprint density at radius 1 is 1.12 bits per heavy atom. The number of benzene rings is 2. The Kier molecular flexibility index (Phi) is 4.77. The van der Waals surface area contributed by atoms with E-state index in [9.17, 15) is 4.79 Å². The molecule has 122 valence electrons. The van der Waals surface area contributed by atoms with Gasteiger partial charge >= 0.3 is 0 Å². The summed E-state index contributed by atoms with van der Waals surface area (Å²) in [5, 5.41) is 3.57. The minimum Gasteiger partial charge on any atom is -0.497 e. The number of amides is 1. The largest absolute Gasteiger partial charge is 0.497 e. The van der Waals surface area contributed by atoms with Gasteiger partial charge in [0, 0.05) is 30.0 Å². The van der Waals surface area contributed by atoms with Gasteiger partial charge in [0.05, 0.1) is 24.4 Å². The minimum absolute atomic E-state index is 0.246. The number of para-hydroxylation sites is 1. The van der Waals surface area contributed by atoms with E-state index in [-0.39, 0.29) is 5.91 Å². The highest BCUT2D eigenvalue weighted by Crippen LogP contribution is 2.26. The summed E-state index contributed by atoms with van der Waals surface area (Å²) in [6.45, 7) is 0. The minimum atomic E-state index is -0.246. The zero-order valence-electron chi connectivity index (χ0n) is 13.3. The molecule has 0 bridgehead atoms. The lowest BCUT2D eigenvalue weighted by Gasteiger charge is -2.08. The van der Waals surface area contributed by atoms with Gasteiger partial charge in [0.1, 0.15) is 16.5 Å². The van der Waals surface area contributed by atoms with Crippen molar-refractivity contribution in [1.82, 2.24) is 4.98 Å². The molecular formula is C18H16N2O3S. The van der Waals surface area contributed by atoms with Crippen molar-refractivity contribution in [2.75, 3.05) is 19.5 Å². The van der Waals surface area contributed by atoms with Crippen LogP contribution in [0, 0.1) is 0 Å². The molecule has 1 aromatic heterocycles. The molecule has 2 aromatic carbocycles. The third-order valence-electron chi connectivity index (χ3n) is 3.31. The molecule has 3 rings (SSSR count). The first kappa shape index (κ1) is 16.0. The van der Waals surface area contributed by atoms with Gasteiger partial charge in [-0.2, -0.15) is 0 Å². The van der Waals surface area contributed by atoms with Crippen LogP contribution in [0.15, 0.2) is 48.5 Å². The van der Waals surface area contributed by atoms with Crippen molar-refractivity contribution in [3.8, 4) is 11.5 Å². The van der Waals surface area contributed by atoms with Crippen LogP contribution in [0.5, 0.6) is 11.5 Å². The lowest BCUT2D eigenvalue weighted by molar-refractivity contribution is -0.111. The summed E-state index contributed by atoms with van der Waals surface area (Å²) >= 11 is 1.54. The predicted molar refractivity (Wildman–Crippen MR) is 96.8 cm³/mol. The maximum atomic E-state index is 12.1. The summed E-state index contributed by atoms with van der Waals surface area (Å²) in [7, 11) is 3.13. The third kappa shape index (κ3) is 3.72. The van der Waals surface area contributed by atoms with Gasteiger partial charge in [0.25, 0.3) is 0 Å². The van der Waals surface area contributed by atoms with Crippen molar-refractivity contribution in [1.29, 1.82) is 0 Å². The lowest BCUT2D eigenvalue weighted by atomic mass is 10.2. The Morgan fingerprint density at radius 2 is 1.83 bits per heavy atom. The molecule has 24 heavy (non-hydrogen) atoms. The Bertz CT molecular complexity index is 847. The molecule has 6 heteroatoms. The number of ether oxygens (including phenoxy) is 2. The van der Waals surface area contributed by atoms with E-state index in [1.165, 1.54) is 17.4 Å². The second kappa shape index (κ2) is 7.14. The number of carbonyl (C=O) groups is 1. The Hall–Kier alpha value is -2.86. The highest BCUT2D eigenvalue weighted by molar-refractivity contribution is 7.19. The molecule has 0 atom stereocenters. The number of carbonyl (C=O) groups excluding carboxylic acids is 1. The molecule has 0 aliphatic rings. The Labute approximate surface area is 143 Å². The topological polar surface area (TPSA) is 60.5 Å². The molecule has 0 radical (unpaired) electrons. The monoisotopic (exact) mass is 340 g/mol. The van der Waals surface area contributed by atoms with Crippen LogP contribution >= 0.6 is 11.3 Å². The average Bonchev–Trinajstić information content (AvgIpc) is 3.02.